The summed E-state index contributed by atoms with van der Waals surface area (Å²) < 4.78 is 2.00. The molecule has 3 nitrogen and oxygen atoms in total. The summed E-state index contributed by atoms with van der Waals surface area (Å²) in [5.41, 5.74) is 1.53. The molecule has 1 rings (SSSR count). The van der Waals surface area contributed by atoms with Gasteiger partial charge in [-0.3, -0.25) is 4.68 Å². The van der Waals surface area contributed by atoms with Crippen LogP contribution < -0.4 is 0 Å². The number of aryl methyl sites for hydroxylation is 1. The Hall–Kier alpha value is -1.30. The Morgan fingerprint density at radius 3 is 2.17 bits per heavy atom. The van der Waals surface area contributed by atoms with Crippen LogP contribution >= 0.6 is 0 Å². The molecule has 24 heavy (non-hydrogen) atoms. The third kappa shape index (κ3) is 11.3. The van der Waals surface area contributed by atoms with Gasteiger partial charge in [0.05, 0.1) is 5.69 Å². The molecule has 0 amide bonds. The summed E-state index contributed by atoms with van der Waals surface area (Å²) in [6, 6.07) is 0. The smallest absolute Gasteiger partial charge is 0.0832 e. The van der Waals surface area contributed by atoms with E-state index in [-0.39, 0.29) is 10.8 Å². The first-order valence-corrected chi connectivity index (χ1v) is 9.55. The normalized spacial score (nSPS) is 12.1. The fourth-order valence-electron chi connectivity index (χ4n) is 2.59. The molecular formula is C21H37N3. The van der Waals surface area contributed by atoms with Crippen LogP contribution in [-0.4, -0.2) is 15.0 Å². The maximum Gasteiger partial charge on any atom is 0.0832 e. The van der Waals surface area contributed by atoms with Crippen molar-refractivity contribution in [1.29, 1.82) is 0 Å². The van der Waals surface area contributed by atoms with Gasteiger partial charge in [0.15, 0.2) is 0 Å². The van der Waals surface area contributed by atoms with E-state index in [4.69, 9.17) is 0 Å². The lowest BCUT2D eigenvalue weighted by atomic mass is 9.91. The maximum absolute atomic E-state index is 4.28. The van der Waals surface area contributed by atoms with Crippen molar-refractivity contribution >= 4 is 0 Å². The van der Waals surface area contributed by atoms with E-state index in [2.05, 4.69) is 69.9 Å². The van der Waals surface area contributed by atoms with Gasteiger partial charge in [0.2, 0.25) is 0 Å². The second-order valence-corrected chi connectivity index (χ2v) is 9.13. The lowest BCUT2D eigenvalue weighted by Gasteiger charge is -2.15. The first-order valence-electron chi connectivity index (χ1n) is 9.55. The number of hydrogen-bond acceptors (Lipinski definition) is 2. The van der Waals surface area contributed by atoms with Crippen molar-refractivity contribution in [3.63, 3.8) is 0 Å². The second kappa shape index (κ2) is 9.87. The van der Waals surface area contributed by atoms with Crippen LogP contribution in [0.2, 0.25) is 0 Å². The highest BCUT2D eigenvalue weighted by Crippen LogP contribution is 2.18. The molecule has 0 saturated carbocycles. The Morgan fingerprint density at radius 2 is 1.54 bits per heavy atom. The molecule has 3 heteroatoms. The van der Waals surface area contributed by atoms with E-state index in [1.165, 1.54) is 38.5 Å². The van der Waals surface area contributed by atoms with E-state index in [0.29, 0.717) is 0 Å². The third-order valence-corrected chi connectivity index (χ3v) is 3.70. The zero-order valence-electron chi connectivity index (χ0n) is 16.8. The number of hydrogen-bond donors (Lipinski definition) is 0. The number of nitrogens with zero attached hydrogens (tertiary/aromatic N) is 3. The molecule has 136 valence electrons. The molecule has 1 aromatic heterocycles. The Balaban J connectivity index is 2.03. The molecule has 0 aliphatic rings. The first kappa shape index (κ1) is 20.7. The summed E-state index contributed by atoms with van der Waals surface area (Å²) in [5.74, 6) is 6.60. The molecule has 0 N–H and O–H groups in total. The van der Waals surface area contributed by atoms with E-state index in [1.807, 2.05) is 4.68 Å². The Morgan fingerprint density at radius 1 is 0.917 bits per heavy atom. The van der Waals surface area contributed by atoms with E-state index in [1.54, 1.807) is 0 Å². The minimum absolute atomic E-state index is 0.147. The second-order valence-electron chi connectivity index (χ2n) is 9.13. The van der Waals surface area contributed by atoms with Gasteiger partial charge >= 0.3 is 0 Å². The summed E-state index contributed by atoms with van der Waals surface area (Å²) in [7, 11) is 0. The number of unbranched alkanes of at least 4 members (excludes halogenated alkanes) is 6. The molecule has 0 aliphatic carbocycles. The molecule has 0 bridgehead atoms. The van der Waals surface area contributed by atoms with Gasteiger partial charge < -0.3 is 0 Å². The standard InChI is InChI=1S/C21H37N3/c1-20(2,3)15-13-11-9-7-8-10-12-14-16-24-18-19(22-23-24)17-21(4,5)6/h18H,7-12,14,16-17H2,1-6H3. The van der Waals surface area contributed by atoms with Gasteiger partial charge in [0.1, 0.15) is 0 Å². The van der Waals surface area contributed by atoms with Crippen LogP contribution in [0, 0.1) is 22.7 Å². The van der Waals surface area contributed by atoms with Gasteiger partial charge in [0.25, 0.3) is 0 Å². The molecule has 0 spiro atoms. The average molecular weight is 332 g/mol. The summed E-state index contributed by atoms with van der Waals surface area (Å²) >= 11 is 0. The minimum Gasteiger partial charge on any atom is -0.252 e. The van der Waals surface area contributed by atoms with E-state index in [9.17, 15) is 0 Å². The van der Waals surface area contributed by atoms with Crippen LogP contribution in [0.15, 0.2) is 6.20 Å². The van der Waals surface area contributed by atoms with Gasteiger partial charge in [-0.25, -0.2) is 0 Å². The monoisotopic (exact) mass is 331 g/mol. The summed E-state index contributed by atoms with van der Waals surface area (Å²) in [6.45, 7) is 14.2. The van der Waals surface area contributed by atoms with Crippen LogP contribution in [0.25, 0.3) is 0 Å². The highest BCUT2D eigenvalue weighted by molar-refractivity contribution is 5.06. The van der Waals surface area contributed by atoms with Gasteiger partial charge in [-0.2, -0.15) is 0 Å². The minimum atomic E-state index is 0.147. The number of aromatic nitrogens is 3. The number of rotatable bonds is 9. The van der Waals surface area contributed by atoms with Crippen molar-refractivity contribution in [3.8, 4) is 11.8 Å². The van der Waals surface area contributed by atoms with Gasteiger partial charge in [-0.05, 0) is 45.4 Å². The van der Waals surface area contributed by atoms with Crippen LogP contribution in [0.1, 0.15) is 92.2 Å². The van der Waals surface area contributed by atoms with Gasteiger partial charge in [0, 0.05) is 24.6 Å². The Bertz CT molecular complexity index is 518. The lowest BCUT2D eigenvalue weighted by molar-refractivity contribution is 0.406. The van der Waals surface area contributed by atoms with Crippen molar-refractivity contribution in [1.82, 2.24) is 15.0 Å². The molecule has 0 radical (unpaired) electrons. The van der Waals surface area contributed by atoms with Crippen molar-refractivity contribution < 1.29 is 0 Å². The first-order chi connectivity index (χ1) is 11.2. The fraction of sp³-hybridized carbons (Fsp3) is 0.810. The van der Waals surface area contributed by atoms with Crippen LogP contribution in [0.5, 0.6) is 0 Å². The molecule has 1 aromatic rings. The van der Waals surface area contributed by atoms with Crippen molar-refractivity contribution in [2.45, 2.75) is 99.5 Å². The van der Waals surface area contributed by atoms with Crippen molar-refractivity contribution in [2.24, 2.45) is 10.8 Å². The molecule has 0 fully saturated rings. The van der Waals surface area contributed by atoms with Gasteiger partial charge in [-0.15, -0.1) is 11.0 Å². The van der Waals surface area contributed by atoms with Gasteiger partial charge in [-0.1, -0.05) is 57.6 Å². The van der Waals surface area contributed by atoms with E-state index >= 15 is 0 Å². The Labute approximate surface area is 149 Å². The third-order valence-electron chi connectivity index (χ3n) is 3.70. The molecular weight excluding hydrogens is 294 g/mol. The maximum atomic E-state index is 4.28. The van der Waals surface area contributed by atoms with Crippen LogP contribution in [0.4, 0.5) is 0 Å². The largest absolute Gasteiger partial charge is 0.252 e. The molecule has 0 unspecified atom stereocenters. The molecule has 0 atom stereocenters. The molecule has 0 aliphatic heterocycles. The van der Waals surface area contributed by atoms with E-state index in [0.717, 1.165) is 25.1 Å². The molecule has 0 aromatic carbocycles. The predicted molar refractivity (Wildman–Crippen MR) is 103 cm³/mol. The molecule has 1 heterocycles. The summed E-state index contributed by atoms with van der Waals surface area (Å²) in [6.07, 6.45) is 11.8. The average Bonchev–Trinajstić information content (AvgIpc) is 2.85. The Kier molecular flexibility index (Phi) is 8.53. The predicted octanol–water partition coefficient (Wildman–Crippen LogP) is 5.65. The zero-order valence-corrected chi connectivity index (χ0v) is 16.8. The van der Waals surface area contributed by atoms with Crippen LogP contribution in [-0.2, 0) is 13.0 Å². The van der Waals surface area contributed by atoms with E-state index < -0.39 is 0 Å². The topological polar surface area (TPSA) is 30.7 Å². The molecule has 0 saturated heterocycles. The summed E-state index contributed by atoms with van der Waals surface area (Å²) in [5, 5.41) is 8.51. The fourth-order valence-corrected chi connectivity index (χ4v) is 2.59. The quantitative estimate of drug-likeness (QED) is 0.432. The summed E-state index contributed by atoms with van der Waals surface area (Å²) in [4.78, 5) is 0. The van der Waals surface area contributed by atoms with Crippen molar-refractivity contribution in [3.05, 3.63) is 11.9 Å². The SMILES string of the molecule is CC(C)(C)C#CCCCCCCCCn1cc(CC(C)(C)C)nn1. The van der Waals surface area contributed by atoms with Crippen molar-refractivity contribution in [2.75, 3.05) is 0 Å². The zero-order chi connectivity index (χ0) is 18.1. The van der Waals surface area contributed by atoms with Crippen LogP contribution in [0.3, 0.4) is 0 Å². The lowest BCUT2D eigenvalue weighted by Crippen LogP contribution is -2.09. The highest BCUT2D eigenvalue weighted by Gasteiger charge is 2.13. The highest BCUT2D eigenvalue weighted by atomic mass is 15.4.